The van der Waals surface area contributed by atoms with Gasteiger partial charge in [-0.15, -0.1) is 0 Å². The maximum absolute atomic E-state index is 10.4. The molecule has 0 aromatic rings. The van der Waals surface area contributed by atoms with Gasteiger partial charge in [0.25, 0.3) is 0 Å². The molecule has 4 aliphatic carbocycles. The number of aliphatic hydroxyl groups is 1. The zero-order chi connectivity index (χ0) is 18.7. The van der Waals surface area contributed by atoms with E-state index in [0.29, 0.717) is 10.8 Å². The van der Waals surface area contributed by atoms with Gasteiger partial charge in [0.05, 0.1) is 6.10 Å². The Balaban J connectivity index is 1.64. The largest absolute Gasteiger partial charge is 0.393 e. The van der Waals surface area contributed by atoms with E-state index < -0.39 is 0 Å². The second kappa shape index (κ2) is 6.78. The maximum atomic E-state index is 10.4. The van der Waals surface area contributed by atoms with Crippen LogP contribution in [0.2, 0.25) is 0 Å². The third-order valence-electron chi connectivity index (χ3n) is 10.7. The van der Waals surface area contributed by atoms with E-state index in [1.165, 1.54) is 51.4 Å². The summed E-state index contributed by atoms with van der Waals surface area (Å²) in [5.74, 6) is 6.42. The standard InChI is InChI=1S/C25H44O/c1-6-16(3)20-8-9-21-19-14-17(7-2)23-15-18(26)10-12-25(23,5)22(19)11-13-24(20,21)4/h16-23,26H,6-15H2,1-5H3/t16-,17+,18-,19?,20?,21?,22?,23+,24-,25-/m1/s1. The molecule has 1 heteroatoms. The van der Waals surface area contributed by atoms with Crippen molar-refractivity contribution in [3.8, 4) is 0 Å². The second-order valence-corrected chi connectivity index (χ2v) is 11.4. The Hall–Kier alpha value is -0.0400. The summed E-state index contributed by atoms with van der Waals surface area (Å²) in [6.07, 6.45) is 13.5. The summed E-state index contributed by atoms with van der Waals surface area (Å²) in [6.45, 7) is 12.7. The highest BCUT2D eigenvalue weighted by Gasteiger charge is 2.62. The van der Waals surface area contributed by atoms with E-state index in [-0.39, 0.29) is 6.10 Å². The summed E-state index contributed by atoms with van der Waals surface area (Å²) in [5, 5.41) is 10.4. The van der Waals surface area contributed by atoms with Gasteiger partial charge >= 0.3 is 0 Å². The lowest BCUT2D eigenvalue weighted by atomic mass is 9.42. The van der Waals surface area contributed by atoms with Crippen LogP contribution in [0.3, 0.4) is 0 Å². The fourth-order valence-electron chi connectivity index (χ4n) is 9.19. The first kappa shape index (κ1) is 19.3. The first-order valence-corrected chi connectivity index (χ1v) is 12.0. The quantitative estimate of drug-likeness (QED) is 0.594. The number of hydrogen-bond donors (Lipinski definition) is 1. The summed E-state index contributed by atoms with van der Waals surface area (Å²) in [6, 6.07) is 0. The first-order chi connectivity index (χ1) is 12.3. The molecule has 4 saturated carbocycles. The summed E-state index contributed by atoms with van der Waals surface area (Å²) in [5.41, 5.74) is 1.13. The third-order valence-corrected chi connectivity index (χ3v) is 10.7. The fourth-order valence-corrected chi connectivity index (χ4v) is 9.19. The third kappa shape index (κ3) is 2.66. The first-order valence-electron chi connectivity index (χ1n) is 12.0. The van der Waals surface area contributed by atoms with Crippen LogP contribution >= 0.6 is 0 Å². The van der Waals surface area contributed by atoms with Gasteiger partial charge in [-0.05, 0) is 104 Å². The summed E-state index contributed by atoms with van der Waals surface area (Å²) in [4.78, 5) is 0. The second-order valence-electron chi connectivity index (χ2n) is 11.4. The normalized spacial score (nSPS) is 54.9. The van der Waals surface area contributed by atoms with Crippen LogP contribution in [0.15, 0.2) is 0 Å². The molecule has 1 nitrogen and oxygen atoms in total. The zero-order valence-corrected chi connectivity index (χ0v) is 18.1. The summed E-state index contributed by atoms with van der Waals surface area (Å²) >= 11 is 0. The molecular formula is C25H44O. The predicted octanol–water partition coefficient (Wildman–Crippen LogP) is 6.69. The molecule has 0 heterocycles. The van der Waals surface area contributed by atoms with Crippen molar-refractivity contribution in [3.05, 3.63) is 0 Å². The average Bonchev–Trinajstić information content (AvgIpc) is 2.98. The smallest absolute Gasteiger partial charge is 0.0543 e. The molecule has 0 aromatic carbocycles. The van der Waals surface area contributed by atoms with E-state index in [2.05, 4.69) is 34.6 Å². The molecule has 0 radical (unpaired) electrons. The van der Waals surface area contributed by atoms with Crippen molar-refractivity contribution < 1.29 is 5.11 Å². The van der Waals surface area contributed by atoms with Gasteiger partial charge in [0, 0.05) is 0 Å². The molecule has 0 bridgehead atoms. The Morgan fingerprint density at radius 3 is 2.27 bits per heavy atom. The number of aliphatic hydroxyl groups excluding tert-OH is 1. The van der Waals surface area contributed by atoms with Crippen molar-refractivity contribution >= 4 is 0 Å². The van der Waals surface area contributed by atoms with Gasteiger partial charge in [0.2, 0.25) is 0 Å². The molecule has 0 spiro atoms. The molecule has 4 aliphatic rings. The van der Waals surface area contributed by atoms with Gasteiger partial charge in [-0.2, -0.15) is 0 Å². The molecule has 26 heavy (non-hydrogen) atoms. The number of hydrogen-bond acceptors (Lipinski definition) is 1. The van der Waals surface area contributed by atoms with Crippen molar-refractivity contribution in [1.29, 1.82) is 0 Å². The molecule has 150 valence electrons. The maximum Gasteiger partial charge on any atom is 0.0543 e. The summed E-state index contributed by atoms with van der Waals surface area (Å²) < 4.78 is 0. The van der Waals surface area contributed by atoms with Crippen molar-refractivity contribution in [1.82, 2.24) is 0 Å². The van der Waals surface area contributed by atoms with Crippen LogP contribution in [-0.2, 0) is 0 Å². The monoisotopic (exact) mass is 360 g/mol. The van der Waals surface area contributed by atoms with Crippen molar-refractivity contribution in [2.45, 2.75) is 105 Å². The van der Waals surface area contributed by atoms with Crippen molar-refractivity contribution in [3.63, 3.8) is 0 Å². The molecule has 0 aromatic heterocycles. The highest BCUT2D eigenvalue weighted by atomic mass is 16.3. The molecule has 4 unspecified atom stereocenters. The lowest BCUT2D eigenvalue weighted by molar-refractivity contribution is -0.152. The molecular weight excluding hydrogens is 316 g/mol. The van der Waals surface area contributed by atoms with Crippen LogP contribution in [0.5, 0.6) is 0 Å². The van der Waals surface area contributed by atoms with E-state index in [0.717, 1.165) is 54.3 Å². The minimum Gasteiger partial charge on any atom is -0.393 e. The highest BCUT2D eigenvalue weighted by molar-refractivity contribution is 5.11. The lowest BCUT2D eigenvalue weighted by Crippen LogP contribution is -2.56. The Morgan fingerprint density at radius 2 is 1.58 bits per heavy atom. The Bertz CT molecular complexity index is 514. The van der Waals surface area contributed by atoms with Crippen LogP contribution in [0.4, 0.5) is 0 Å². The van der Waals surface area contributed by atoms with Crippen LogP contribution < -0.4 is 0 Å². The van der Waals surface area contributed by atoms with E-state index in [9.17, 15) is 5.11 Å². The van der Waals surface area contributed by atoms with Gasteiger partial charge in [-0.3, -0.25) is 0 Å². The molecule has 4 fully saturated rings. The van der Waals surface area contributed by atoms with Gasteiger partial charge in [0.1, 0.15) is 0 Å². The molecule has 0 aliphatic heterocycles. The average molecular weight is 361 g/mol. The van der Waals surface area contributed by atoms with E-state index >= 15 is 0 Å². The molecule has 10 atom stereocenters. The van der Waals surface area contributed by atoms with Gasteiger partial charge in [-0.1, -0.05) is 47.5 Å². The van der Waals surface area contributed by atoms with Gasteiger partial charge < -0.3 is 5.11 Å². The Morgan fingerprint density at radius 1 is 0.885 bits per heavy atom. The molecule has 0 amide bonds. The van der Waals surface area contributed by atoms with Crippen LogP contribution in [0, 0.1) is 52.3 Å². The molecule has 0 saturated heterocycles. The number of rotatable bonds is 3. The minimum atomic E-state index is -0.0196. The SMILES string of the molecule is CC[C@H]1CC2C3CCC([C@H](C)CC)[C@@]3(C)CCC2[C@@]2(C)CC[C@@H](O)C[C@@H]12. The van der Waals surface area contributed by atoms with Crippen LogP contribution in [-0.4, -0.2) is 11.2 Å². The minimum absolute atomic E-state index is 0.0196. The molecule has 4 rings (SSSR count). The summed E-state index contributed by atoms with van der Waals surface area (Å²) in [7, 11) is 0. The number of fused-ring (bicyclic) bond motifs is 5. The van der Waals surface area contributed by atoms with Gasteiger partial charge in [0.15, 0.2) is 0 Å². The Labute approximate surface area is 162 Å². The fraction of sp³-hybridized carbons (Fsp3) is 1.00. The zero-order valence-electron chi connectivity index (χ0n) is 18.1. The van der Waals surface area contributed by atoms with E-state index in [1.54, 1.807) is 0 Å². The van der Waals surface area contributed by atoms with Crippen LogP contribution in [0.1, 0.15) is 98.8 Å². The molecule has 1 N–H and O–H groups in total. The van der Waals surface area contributed by atoms with Crippen molar-refractivity contribution in [2.75, 3.05) is 0 Å². The highest BCUT2D eigenvalue weighted by Crippen LogP contribution is 2.69. The lowest BCUT2D eigenvalue weighted by Gasteiger charge is -2.63. The van der Waals surface area contributed by atoms with Crippen LogP contribution in [0.25, 0.3) is 0 Å². The van der Waals surface area contributed by atoms with Gasteiger partial charge in [-0.25, -0.2) is 0 Å². The van der Waals surface area contributed by atoms with Crippen molar-refractivity contribution in [2.24, 2.45) is 52.3 Å². The topological polar surface area (TPSA) is 20.2 Å². The Kier molecular flexibility index (Phi) is 5.03. The van der Waals surface area contributed by atoms with E-state index in [4.69, 9.17) is 0 Å². The predicted molar refractivity (Wildman–Crippen MR) is 110 cm³/mol. The van der Waals surface area contributed by atoms with E-state index in [1.807, 2.05) is 0 Å².